The number of hydrogen-bond acceptors (Lipinski definition) is 6. The number of rotatable bonds is 6. The van der Waals surface area contributed by atoms with Gasteiger partial charge in [0, 0.05) is 28.2 Å². The smallest absolute Gasteiger partial charge is 0.341 e. The summed E-state index contributed by atoms with van der Waals surface area (Å²) in [6.45, 7) is 7.88. The van der Waals surface area contributed by atoms with Crippen LogP contribution in [0.4, 0.5) is 5.00 Å². The molecule has 2 atom stereocenters. The molecule has 1 amide bonds. The third-order valence-electron chi connectivity index (χ3n) is 6.00. The number of amides is 1. The summed E-state index contributed by atoms with van der Waals surface area (Å²) in [5.74, 6) is -3.55. The van der Waals surface area contributed by atoms with E-state index in [0.717, 1.165) is 40.0 Å². The summed E-state index contributed by atoms with van der Waals surface area (Å²) >= 11 is 1.31. The van der Waals surface area contributed by atoms with Crippen LogP contribution in [0.25, 0.3) is 11.1 Å². The molecule has 0 spiro atoms. The van der Waals surface area contributed by atoms with Crippen LogP contribution in [0.15, 0.2) is 18.2 Å². The number of carboxylic acids is 1. The Kier molecular flexibility index (Phi) is 7.15. The number of aryl methyl sites for hydroxylation is 3. The zero-order valence-corrected chi connectivity index (χ0v) is 19.2. The number of nitrogens with one attached hydrogen (secondary N) is 1. The first-order chi connectivity index (χ1) is 14.7. The number of hydrogen-bond donors (Lipinski definition) is 1. The minimum atomic E-state index is -1.19. The molecule has 0 aliphatic heterocycles. The molecule has 1 saturated carbocycles. The lowest BCUT2D eigenvalue weighted by Gasteiger charge is -2.31. The molecule has 7 heteroatoms. The van der Waals surface area contributed by atoms with Crippen LogP contribution >= 0.6 is 11.3 Å². The van der Waals surface area contributed by atoms with E-state index in [-0.39, 0.29) is 12.5 Å². The Hall–Kier alpha value is -2.67. The van der Waals surface area contributed by atoms with Gasteiger partial charge in [-0.25, -0.2) is 4.79 Å². The summed E-state index contributed by atoms with van der Waals surface area (Å²) in [7, 11) is 0. The lowest BCUT2D eigenvalue weighted by Crippen LogP contribution is -2.42. The fourth-order valence-electron chi connectivity index (χ4n) is 4.21. The molecule has 1 N–H and O–H groups in total. The van der Waals surface area contributed by atoms with E-state index < -0.39 is 23.8 Å². The second-order valence-electron chi connectivity index (χ2n) is 8.06. The second kappa shape index (κ2) is 9.64. The maximum atomic E-state index is 13.0. The van der Waals surface area contributed by atoms with E-state index in [4.69, 9.17) is 4.74 Å². The third kappa shape index (κ3) is 4.82. The van der Waals surface area contributed by atoms with Crippen LogP contribution in [-0.2, 0) is 14.3 Å². The van der Waals surface area contributed by atoms with Crippen molar-refractivity contribution in [2.75, 3.05) is 11.9 Å². The molecule has 6 nitrogen and oxygen atoms in total. The van der Waals surface area contributed by atoms with Crippen molar-refractivity contribution in [2.45, 2.75) is 53.4 Å². The van der Waals surface area contributed by atoms with E-state index in [0.29, 0.717) is 23.4 Å². The molecular formula is C24H28NO5S-. The van der Waals surface area contributed by atoms with Crippen LogP contribution in [0, 0.1) is 32.6 Å². The Morgan fingerprint density at radius 2 is 1.77 bits per heavy atom. The lowest BCUT2D eigenvalue weighted by atomic mass is 9.78. The number of thiophene rings is 1. The van der Waals surface area contributed by atoms with E-state index in [9.17, 15) is 19.5 Å². The number of carbonyl (C=O) groups is 3. The highest BCUT2D eigenvalue weighted by Crippen LogP contribution is 2.41. The van der Waals surface area contributed by atoms with Crippen molar-refractivity contribution in [1.29, 1.82) is 0 Å². The van der Waals surface area contributed by atoms with Gasteiger partial charge in [0.05, 0.1) is 6.61 Å². The first-order valence-electron chi connectivity index (χ1n) is 10.6. The Balaban J connectivity index is 2.02. The summed E-state index contributed by atoms with van der Waals surface area (Å²) in [6.07, 6.45) is 2.49. The van der Waals surface area contributed by atoms with E-state index in [1.807, 2.05) is 39.0 Å². The van der Waals surface area contributed by atoms with Crippen LogP contribution in [0.2, 0.25) is 0 Å². The first kappa shape index (κ1) is 23.0. The van der Waals surface area contributed by atoms with Crippen LogP contribution in [0.5, 0.6) is 0 Å². The third-order valence-corrected chi connectivity index (χ3v) is 7.02. The molecule has 0 unspecified atom stereocenters. The van der Waals surface area contributed by atoms with Gasteiger partial charge < -0.3 is 20.0 Å². The lowest BCUT2D eigenvalue weighted by molar-refractivity contribution is -0.313. The maximum Gasteiger partial charge on any atom is 0.341 e. The van der Waals surface area contributed by atoms with Crippen molar-refractivity contribution >= 4 is 34.2 Å². The van der Waals surface area contributed by atoms with Crippen molar-refractivity contribution in [3.63, 3.8) is 0 Å². The molecule has 1 aromatic carbocycles. The summed E-state index contributed by atoms with van der Waals surface area (Å²) in [5, 5.41) is 14.8. The molecular weight excluding hydrogens is 414 g/mol. The van der Waals surface area contributed by atoms with Gasteiger partial charge in [-0.1, -0.05) is 31.0 Å². The highest BCUT2D eigenvalue weighted by molar-refractivity contribution is 7.17. The number of ether oxygens (including phenoxy) is 1. The van der Waals surface area contributed by atoms with Gasteiger partial charge in [0.2, 0.25) is 5.91 Å². The number of carboxylic acid groups (broad SMARTS) is 1. The average Bonchev–Trinajstić information content (AvgIpc) is 3.05. The van der Waals surface area contributed by atoms with Crippen molar-refractivity contribution in [3.8, 4) is 11.1 Å². The largest absolute Gasteiger partial charge is 0.550 e. The Bertz CT molecular complexity index is 1010. The van der Waals surface area contributed by atoms with Gasteiger partial charge in [-0.3, -0.25) is 4.79 Å². The van der Waals surface area contributed by atoms with Crippen molar-refractivity contribution in [2.24, 2.45) is 11.8 Å². The number of carbonyl (C=O) groups excluding carboxylic acids is 3. The summed E-state index contributed by atoms with van der Waals surface area (Å²) in [5.41, 5.74) is 4.19. The molecule has 1 aliphatic rings. The Labute approximate surface area is 186 Å². The summed E-state index contributed by atoms with van der Waals surface area (Å²) in [6, 6.07) is 5.98. The zero-order valence-electron chi connectivity index (χ0n) is 18.4. The highest BCUT2D eigenvalue weighted by Gasteiger charge is 2.33. The van der Waals surface area contributed by atoms with Crippen LogP contribution in [-0.4, -0.2) is 24.5 Å². The summed E-state index contributed by atoms with van der Waals surface area (Å²) in [4.78, 5) is 38.3. The van der Waals surface area contributed by atoms with Gasteiger partial charge >= 0.3 is 5.97 Å². The highest BCUT2D eigenvalue weighted by atomic mass is 32.1. The molecule has 1 aliphatic carbocycles. The predicted molar refractivity (Wildman–Crippen MR) is 119 cm³/mol. The number of benzene rings is 1. The van der Waals surface area contributed by atoms with Crippen LogP contribution in [0.1, 0.15) is 59.0 Å². The summed E-state index contributed by atoms with van der Waals surface area (Å²) < 4.78 is 5.30. The topological polar surface area (TPSA) is 95.5 Å². The fraction of sp³-hybridized carbons (Fsp3) is 0.458. The van der Waals surface area contributed by atoms with Crippen molar-refractivity contribution in [1.82, 2.24) is 0 Å². The second-order valence-corrected chi connectivity index (χ2v) is 9.29. The van der Waals surface area contributed by atoms with Crippen LogP contribution in [0.3, 0.4) is 0 Å². The average molecular weight is 443 g/mol. The fourth-order valence-corrected chi connectivity index (χ4v) is 5.27. The minimum Gasteiger partial charge on any atom is -0.550 e. The molecule has 1 aromatic heterocycles. The quantitative estimate of drug-likeness (QED) is 0.682. The number of esters is 1. The molecule has 2 aromatic rings. The van der Waals surface area contributed by atoms with E-state index in [1.165, 1.54) is 11.3 Å². The predicted octanol–water partition coefficient (Wildman–Crippen LogP) is 4.01. The Morgan fingerprint density at radius 3 is 2.39 bits per heavy atom. The SMILES string of the molecule is CCOC(=O)c1c(NC(=O)[C@H]2CCCC[C@H]2C(=O)[O-])sc(C)c1-c1ccc(C)c(C)c1. The van der Waals surface area contributed by atoms with Crippen molar-refractivity contribution in [3.05, 3.63) is 39.8 Å². The standard InChI is InChI=1S/C24H29NO5S/c1-5-30-24(29)20-19(16-11-10-13(2)14(3)12-16)15(4)31-22(20)25-21(26)17-8-6-7-9-18(17)23(27)28/h10-12,17-18H,5-9H2,1-4H3,(H,25,26)(H,27,28)/p-1/t17-,18+/m0/s1. The van der Waals surface area contributed by atoms with Gasteiger partial charge in [-0.05, 0) is 57.2 Å². The Morgan fingerprint density at radius 1 is 1.10 bits per heavy atom. The van der Waals surface area contributed by atoms with Gasteiger partial charge in [-0.2, -0.15) is 0 Å². The minimum absolute atomic E-state index is 0.211. The molecule has 0 bridgehead atoms. The molecule has 1 heterocycles. The van der Waals surface area contributed by atoms with Gasteiger partial charge in [0.25, 0.3) is 0 Å². The van der Waals surface area contributed by atoms with E-state index in [2.05, 4.69) is 5.32 Å². The maximum absolute atomic E-state index is 13.0. The van der Waals surface area contributed by atoms with Crippen LogP contribution < -0.4 is 10.4 Å². The molecule has 0 saturated heterocycles. The molecule has 3 rings (SSSR count). The van der Waals surface area contributed by atoms with Gasteiger partial charge in [-0.15, -0.1) is 11.3 Å². The normalized spacial score (nSPS) is 18.5. The van der Waals surface area contributed by atoms with E-state index >= 15 is 0 Å². The van der Waals surface area contributed by atoms with Gasteiger partial charge in [0.1, 0.15) is 10.6 Å². The monoisotopic (exact) mass is 442 g/mol. The van der Waals surface area contributed by atoms with Gasteiger partial charge in [0.15, 0.2) is 0 Å². The molecule has 166 valence electrons. The first-order valence-corrected chi connectivity index (χ1v) is 11.5. The number of aliphatic carboxylic acids is 1. The zero-order chi connectivity index (χ0) is 22.7. The molecule has 1 fully saturated rings. The molecule has 0 radical (unpaired) electrons. The molecule has 31 heavy (non-hydrogen) atoms. The van der Waals surface area contributed by atoms with Crippen molar-refractivity contribution < 1.29 is 24.2 Å². The van der Waals surface area contributed by atoms with E-state index in [1.54, 1.807) is 6.92 Å². The number of anilines is 1.